The molecule has 0 saturated carbocycles. The van der Waals surface area contributed by atoms with Crippen molar-refractivity contribution in [3.05, 3.63) is 59.7 Å². The number of anilines is 1. The molecule has 0 bridgehead atoms. The SMILES string of the molecule is CCNC(=O)[C@H](C)N(Cc1ccccc1C)C(=O)CCCN(c1ccccc1OC)S(C)(=O)=O. The molecule has 2 amide bonds. The molecule has 2 aromatic carbocycles. The molecule has 0 fully saturated rings. The van der Waals surface area contributed by atoms with Crippen LogP contribution in [0.4, 0.5) is 5.69 Å². The molecule has 0 aliphatic carbocycles. The first-order valence-electron chi connectivity index (χ1n) is 11.3. The maximum absolute atomic E-state index is 13.3. The van der Waals surface area contributed by atoms with E-state index in [9.17, 15) is 18.0 Å². The number of aryl methyl sites for hydroxylation is 1. The predicted molar refractivity (Wildman–Crippen MR) is 134 cm³/mol. The van der Waals surface area contributed by atoms with Gasteiger partial charge in [-0.3, -0.25) is 13.9 Å². The number of ether oxygens (including phenoxy) is 1. The van der Waals surface area contributed by atoms with E-state index in [1.54, 1.807) is 36.1 Å². The molecule has 34 heavy (non-hydrogen) atoms. The molecule has 2 aromatic rings. The zero-order valence-electron chi connectivity index (χ0n) is 20.6. The van der Waals surface area contributed by atoms with Gasteiger partial charge in [-0.05, 0) is 50.5 Å². The number of carbonyl (C=O) groups excluding carboxylic acids is 2. The summed E-state index contributed by atoms with van der Waals surface area (Å²) < 4.78 is 31.5. The standard InChI is InChI=1S/C25H35N3O5S/c1-6-26-25(30)20(3)27(18-21-13-8-7-12-19(21)2)24(29)16-11-17-28(34(5,31)32)22-14-9-10-15-23(22)33-4/h7-10,12-15,20H,6,11,16-18H2,1-5H3,(H,26,30)/t20-/m0/s1. The molecule has 0 saturated heterocycles. The van der Waals surface area contributed by atoms with Crippen molar-refractivity contribution in [1.29, 1.82) is 0 Å². The van der Waals surface area contributed by atoms with Gasteiger partial charge in [0.25, 0.3) is 0 Å². The van der Waals surface area contributed by atoms with Gasteiger partial charge in [0.05, 0.1) is 19.1 Å². The summed E-state index contributed by atoms with van der Waals surface area (Å²) in [5.41, 5.74) is 2.41. The Hall–Kier alpha value is -3.07. The number of para-hydroxylation sites is 2. The van der Waals surface area contributed by atoms with E-state index in [1.807, 2.05) is 38.1 Å². The predicted octanol–water partition coefficient (Wildman–Crippen LogP) is 3.10. The lowest BCUT2D eigenvalue weighted by Crippen LogP contribution is -2.47. The third-order valence-electron chi connectivity index (χ3n) is 5.63. The van der Waals surface area contributed by atoms with E-state index in [4.69, 9.17) is 4.74 Å². The quantitative estimate of drug-likeness (QED) is 0.494. The number of rotatable bonds is 12. The second kappa shape index (κ2) is 12.4. The van der Waals surface area contributed by atoms with E-state index in [-0.39, 0.29) is 31.2 Å². The van der Waals surface area contributed by atoms with E-state index in [2.05, 4.69) is 5.32 Å². The van der Waals surface area contributed by atoms with E-state index in [0.29, 0.717) is 24.5 Å². The smallest absolute Gasteiger partial charge is 0.242 e. The van der Waals surface area contributed by atoms with Crippen molar-refractivity contribution in [2.45, 2.75) is 46.2 Å². The van der Waals surface area contributed by atoms with Crippen molar-refractivity contribution in [2.24, 2.45) is 0 Å². The maximum atomic E-state index is 13.3. The first-order valence-corrected chi connectivity index (χ1v) is 13.2. The molecule has 1 N–H and O–H groups in total. The normalized spacial score (nSPS) is 12.0. The topological polar surface area (TPSA) is 96.0 Å². The van der Waals surface area contributed by atoms with Crippen LogP contribution in [0.3, 0.4) is 0 Å². The van der Waals surface area contributed by atoms with Crippen LogP contribution >= 0.6 is 0 Å². The number of nitrogens with one attached hydrogen (secondary N) is 1. The van der Waals surface area contributed by atoms with Crippen molar-refractivity contribution in [2.75, 3.05) is 30.8 Å². The third-order valence-corrected chi connectivity index (χ3v) is 6.81. The molecule has 2 rings (SSSR count). The second-order valence-electron chi connectivity index (χ2n) is 8.13. The van der Waals surface area contributed by atoms with Crippen LogP contribution in [0.5, 0.6) is 5.75 Å². The Bertz CT molecular complexity index is 1090. The van der Waals surface area contributed by atoms with Gasteiger partial charge in [0.15, 0.2) is 0 Å². The van der Waals surface area contributed by atoms with Gasteiger partial charge >= 0.3 is 0 Å². The molecule has 1 atom stereocenters. The molecule has 0 aliphatic rings. The fourth-order valence-corrected chi connectivity index (χ4v) is 4.66. The van der Waals surface area contributed by atoms with Crippen molar-refractivity contribution in [3.8, 4) is 5.75 Å². The van der Waals surface area contributed by atoms with Crippen LogP contribution in [0.1, 0.15) is 37.8 Å². The number of benzene rings is 2. The minimum absolute atomic E-state index is 0.0940. The van der Waals surface area contributed by atoms with Gasteiger partial charge in [-0.2, -0.15) is 0 Å². The van der Waals surface area contributed by atoms with Crippen LogP contribution in [-0.4, -0.2) is 57.6 Å². The first-order chi connectivity index (χ1) is 16.1. The zero-order valence-corrected chi connectivity index (χ0v) is 21.4. The summed E-state index contributed by atoms with van der Waals surface area (Å²) >= 11 is 0. The Labute approximate surface area is 202 Å². The van der Waals surface area contributed by atoms with Crippen LogP contribution in [0.2, 0.25) is 0 Å². The number of sulfonamides is 1. The summed E-state index contributed by atoms with van der Waals surface area (Å²) in [4.78, 5) is 27.3. The van der Waals surface area contributed by atoms with Gasteiger partial charge in [0.2, 0.25) is 21.8 Å². The molecule has 0 aliphatic heterocycles. The summed E-state index contributed by atoms with van der Waals surface area (Å²) in [5.74, 6) is -0.00278. The molecule has 0 unspecified atom stereocenters. The van der Waals surface area contributed by atoms with Crippen LogP contribution in [0, 0.1) is 6.92 Å². The fourth-order valence-electron chi connectivity index (χ4n) is 3.69. The summed E-state index contributed by atoms with van der Waals surface area (Å²) in [6.07, 6.45) is 1.51. The van der Waals surface area contributed by atoms with E-state index >= 15 is 0 Å². The number of carbonyl (C=O) groups is 2. The molecular weight excluding hydrogens is 454 g/mol. The number of hydrogen-bond acceptors (Lipinski definition) is 5. The first kappa shape index (κ1) is 27.2. The largest absolute Gasteiger partial charge is 0.495 e. The van der Waals surface area contributed by atoms with Gasteiger partial charge in [0.1, 0.15) is 11.8 Å². The summed E-state index contributed by atoms with van der Waals surface area (Å²) in [6.45, 7) is 6.38. The lowest BCUT2D eigenvalue weighted by molar-refractivity contribution is -0.140. The summed E-state index contributed by atoms with van der Waals surface area (Å²) in [7, 11) is -2.11. The number of likely N-dealkylation sites (N-methyl/N-ethyl adjacent to an activating group) is 1. The average Bonchev–Trinajstić information content (AvgIpc) is 2.80. The summed E-state index contributed by atoms with van der Waals surface area (Å²) in [5, 5.41) is 2.78. The highest BCUT2D eigenvalue weighted by Crippen LogP contribution is 2.29. The molecule has 9 heteroatoms. The second-order valence-corrected chi connectivity index (χ2v) is 10.0. The highest BCUT2D eigenvalue weighted by molar-refractivity contribution is 7.92. The van der Waals surface area contributed by atoms with Gasteiger partial charge in [-0.25, -0.2) is 8.42 Å². The Morgan fingerprint density at radius 1 is 1.09 bits per heavy atom. The zero-order chi connectivity index (χ0) is 25.3. The van der Waals surface area contributed by atoms with Crippen molar-refractivity contribution >= 4 is 27.5 Å². The molecule has 186 valence electrons. The Balaban J connectivity index is 2.20. The van der Waals surface area contributed by atoms with Crippen molar-refractivity contribution in [1.82, 2.24) is 10.2 Å². The minimum atomic E-state index is -3.60. The Morgan fingerprint density at radius 2 is 1.74 bits per heavy atom. The number of methoxy groups -OCH3 is 1. The maximum Gasteiger partial charge on any atom is 0.242 e. The fraction of sp³-hybridized carbons (Fsp3) is 0.440. The van der Waals surface area contributed by atoms with Gasteiger partial charge < -0.3 is 15.0 Å². The van der Waals surface area contributed by atoms with Crippen molar-refractivity contribution < 1.29 is 22.7 Å². The van der Waals surface area contributed by atoms with Crippen molar-refractivity contribution in [3.63, 3.8) is 0 Å². The third kappa shape index (κ3) is 7.21. The molecule has 0 aromatic heterocycles. The highest BCUT2D eigenvalue weighted by Gasteiger charge is 2.27. The molecule has 0 heterocycles. The van der Waals surface area contributed by atoms with Crippen LogP contribution in [-0.2, 0) is 26.2 Å². The van der Waals surface area contributed by atoms with Gasteiger partial charge in [-0.1, -0.05) is 36.4 Å². The van der Waals surface area contributed by atoms with Crippen LogP contribution < -0.4 is 14.4 Å². The monoisotopic (exact) mass is 489 g/mol. The molecule has 0 spiro atoms. The van der Waals surface area contributed by atoms with Crippen LogP contribution in [0.15, 0.2) is 48.5 Å². The minimum Gasteiger partial charge on any atom is -0.495 e. The Kier molecular flexibility index (Phi) is 9.92. The van der Waals surface area contributed by atoms with Crippen LogP contribution in [0.25, 0.3) is 0 Å². The lowest BCUT2D eigenvalue weighted by atomic mass is 10.1. The highest BCUT2D eigenvalue weighted by atomic mass is 32.2. The van der Waals surface area contributed by atoms with E-state index in [0.717, 1.165) is 17.4 Å². The lowest BCUT2D eigenvalue weighted by Gasteiger charge is -2.30. The Morgan fingerprint density at radius 3 is 2.35 bits per heavy atom. The number of amides is 2. The van der Waals surface area contributed by atoms with E-state index in [1.165, 1.54) is 11.4 Å². The average molecular weight is 490 g/mol. The molecule has 0 radical (unpaired) electrons. The summed E-state index contributed by atoms with van der Waals surface area (Å²) in [6, 6.07) is 13.9. The molecular formula is C25H35N3O5S. The number of hydrogen-bond donors (Lipinski definition) is 1. The number of nitrogens with zero attached hydrogens (tertiary/aromatic N) is 2. The van der Waals surface area contributed by atoms with Gasteiger partial charge in [-0.15, -0.1) is 0 Å². The molecule has 8 nitrogen and oxygen atoms in total. The van der Waals surface area contributed by atoms with E-state index < -0.39 is 16.1 Å². The van der Waals surface area contributed by atoms with Gasteiger partial charge in [0, 0.05) is 26.1 Å².